The van der Waals surface area contributed by atoms with Gasteiger partial charge in [0.15, 0.2) is 0 Å². The van der Waals surface area contributed by atoms with E-state index in [1.54, 1.807) is 12.4 Å². The third-order valence-corrected chi connectivity index (χ3v) is 4.25. The van der Waals surface area contributed by atoms with Gasteiger partial charge in [-0.05, 0) is 18.2 Å². The highest BCUT2D eigenvalue weighted by Gasteiger charge is 2.20. The number of nitrogens with zero attached hydrogens (tertiary/aromatic N) is 5. The van der Waals surface area contributed by atoms with E-state index >= 15 is 0 Å². The van der Waals surface area contributed by atoms with Crippen molar-refractivity contribution in [2.24, 2.45) is 0 Å². The molecule has 0 bridgehead atoms. The first kappa shape index (κ1) is 14.8. The number of nitrogens with one attached hydrogen (secondary N) is 1. The lowest BCUT2D eigenvalue weighted by molar-refractivity contribution is 0.245. The van der Waals surface area contributed by atoms with E-state index in [1.165, 1.54) is 0 Å². The van der Waals surface area contributed by atoms with Gasteiger partial charge in [0, 0.05) is 45.1 Å². The summed E-state index contributed by atoms with van der Waals surface area (Å²) < 4.78 is 0. The van der Waals surface area contributed by atoms with Gasteiger partial charge in [-0.3, -0.25) is 9.69 Å². The molecule has 0 unspecified atom stereocenters. The molecule has 1 saturated heterocycles. The molecule has 0 atom stereocenters. The zero-order chi connectivity index (χ0) is 16.4. The lowest BCUT2D eigenvalue weighted by atomic mass is 10.2. The predicted octanol–water partition coefficient (Wildman–Crippen LogP) is 1.04. The number of para-hydroxylation sites is 2. The van der Waals surface area contributed by atoms with Gasteiger partial charge in [0.1, 0.15) is 5.69 Å². The van der Waals surface area contributed by atoms with E-state index in [0.29, 0.717) is 12.2 Å². The average molecular weight is 322 g/mol. The maximum absolute atomic E-state index is 12.2. The van der Waals surface area contributed by atoms with E-state index < -0.39 is 0 Å². The van der Waals surface area contributed by atoms with Gasteiger partial charge in [-0.2, -0.15) is 0 Å². The fourth-order valence-electron chi connectivity index (χ4n) is 2.95. The van der Waals surface area contributed by atoms with Crippen molar-refractivity contribution in [2.45, 2.75) is 6.54 Å². The lowest BCUT2D eigenvalue weighted by Crippen LogP contribution is -2.47. The van der Waals surface area contributed by atoms with Crippen LogP contribution < -0.4 is 10.5 Å². The number of rotatable bonds is 3. The van der Waals surface area contributed by atoms with Gasteiger partial charge in [0.25, 0.3) is 5.56 Å². The molecule has 1 aliphatic rings. The summed E-state index contributed by atoms with van der Waals surface area (Å²) in [5.41, 5.74) is 2.06. The van der Waals surface area contributed by atoms with Crippen LogP contribution in [0.2, 0.25) is 0 Å². The molecule has 0 radical (unpaired) electrons. The lowest BCUT2D eigenvalue weighted by Gasteiger charge is -2.34. The number of hydrogen-bond acceptors (Lipinski definition) is 6. The monoisotopic (exact) mass is 322 g/mol. The smallest absolute Gasteiger partial charge is 0.271 e. The van der Waals surface area contributed by atoms with Crippen molar-refractivity contribution in [3.05, 3.63) is 58.8 Å². The van der Waals surface area contributed by atoms with Gasteiger partial charge in [-0.25, -0.2) is 15.0 Å². The van der Waals surface area contributed by atoms with Crippen LogP contribution in [0.5, 0.6) is 0 Å². The molecule has 1 fully saturated rings. The van der Waals surface area contributed by atoms with Crippen LogP contribution in [-0.4, -0.2) is 51.0 Å². The molecule has 3 heterocycles. The molecule has 0 spiro atoms. The van der Waals surface area contributed by atoms with Gasteiger partial charge in [-0.1, -0.05) is 12.1 Å². The number of hydrogen-bond donors (Lipinski definition) is 1. The van der Waals surface area contributed by atoms with E-state index in [0.717, 1.165) is 43.2 Å². The van der Waals surface area contributed by atoms with Crippen molar-refractivity contribution in [2.75, 3.05) is 31.1 Å². The standard InChI is InChI=1S/C17H18N6O/c24-16-15(20-13-4-1-2-5-14(13)21-16)12-22-8-10-23(11-9-22)17-18-6-3-7-19-17/h1-7H,8-12H2,(H,21,24). The van der Waals surface area contributed by atoms with Crippen LogP contribution in [0.15, 0.2) is 47.5 Å². The number of aromatic nitrogens is 4. The second-order valence-corrected chi connectivity index (χ2v) is 5.84. The van der Waals surface area contributed by atoms with E-state index in [2.05, 4.69) is 29.7 Å². The molecule has 0 aliphatic carbocycles. The van der Waals surface area contributed by atoms with Crippen LogP contribution in [0.4, 0.5) is 5.95 Å². The normalized spacial score (nSPS) is 15.8. The first-order valence-corrected chi connectivity index (χ1v) is 8.02. The Morgan fingerprint density at radius 1 is 1.00 bits per heavy atom. The minimum atomic E-state index is -0.109. The number of H-pyrrole nitrogens is 1. The molecule has 4 rings (SSSR count). The summed E-state index contributed by atoms with van der Waals surface area (Å²) in [5, 5.41) is 0. The Morgan fingerprint density at radius 3 is 2.54 bits per heavy atom. The Hall–Kier alpha value is -2.80. The SMILES string of the molecule is O=c1[nH]c2ccccc2nc1CN1CCN(c2ncccn2)CC1. The molecular formula is C17H18N6O. The Kier molecular flexibility index (Phi) is 3.92. The van der Waals surface area contributed by atoms with Crippen molar-refractivity contribution >= 4 is 17.0 Å². The Labute approximate surface area is 139 Å². The van der Waals surface area contributed by atoms with Gasteiger partial charge >= 0.3 is 0 Å². The number of benzene rings is 1. The highest BCUT2D eigenvalue weighted by atomic mass is 16.1. The van der Waals surface area contributed by atoms with Crippen molar-refractivity contribution in [1.29, 1.82) is 0 Å². The third-order valence-electron chi connectivity index (χ3n) is 4.25. The van der Waals surface area contributed by atoms with Crippen LogP contribution in [0, 0.1) is 0 Å². The number of fused-ring (bicyclic) bond motifs is 1. The van der Waals surface area contributed by atoms with Crippen molar-refractivity contribution < 1.29 is 0 Å². The molecule has 2 aromatic heterocycles. The molecule has 7 nitrogen and oxygen atoms in total. The summed E-state index contributed by atoms with van der Waals surface area (Å²) in [5.74, 6) is 0.763. The molecule has 7 heteroatoms. The second kappa shape index (κ2) is 6.37. The molecule has 24 heavy (non-hydrogen) atoms. The van der Waals surface area contributed by atoms with Crippen LogP contribution in [0.1, 0.15) is 5.69 Å². The highest BCUT2D eigenvalue weighted by molar-refractivity contribution is 5.73. The molecule has 1 aliphatic heterocycles. The zero-order valence-corrected chi connectivity index (χ0v) is 13.2. The summed E-state index contributed by atoms with van der Waals surface area (Å²) in [6.45, 7) is 3.95. The number of piperazine rings is 1. The maximum atomic E-state index is 12.2. The van der Waals surface area contributed by atoms with E-state index in [4.69, 9.17) is 0 Å². The highest BCUT2D eigenvalue weighted by Crippen LogP contribution is 2.12. The summed E-state index contributed by atoms with van der Waals surface area (Å²) in [6, 6.07) is 9.42. The predicted molar refractivity (Wildman–Crippen MR) is 91.9 cm³/mol. The van der Waals surface area contributed by atoms with Gasteiger partial charge < -0.3 is 9.88 Å². The van der Waals surface area contributed by atoms with E-state index in [1.807, 2.05) is 30.3 Å². The molecule has 0 amide bonds. The van der Waals surface area contributed by atoms with Gasteiger partial charge in [0.05, 0.1) is 11.0 Å². The van der Waals surface area contributed by atoms with Crippen LogP contribution >= 0.6 is 0 Å². The fourth-order valence-corrected chi connectivity index (χ4v) is 2.95. The van der Waals surface area contributed by atoms with Crippen molar-refractivity contribution in [3.63, 3.8) is 0 Å². The largest absolute Gasteiger partial charge is 0.338 e. The van der Waals surface area contributed by atoms with Crippen LogP contribution in [-0.2, 0) is 6.54 Å². The van der Waals surface area contributed by atoms with E-state index in [9.17, 15) is 4.79 Å². The third kappa shape index (κ3) is 2.98. The molecule has 3 aromatic rings. The average Bonchev–Trinajstić information content (AvgIpc) is 2.64. The molecular weight excluding hydrogens is 304 g/mol. The number of aromatic amines is 1. The summed E-state index contributed by atoms with van der Waals surface area (Å²) in [6.07, 6.45) is 3.51. The summed E-state index contributed by atoms with van der Waals surface area (Å²) in [4.78, 5) is 32.6. The van der Waals surface area contributed by atoms with Crippen LogP contribution in [0.25, 0.3) is 11.0 Å². The van der Waals surface area contributed by atoms with Crippen molar-refractivity contribution in [1.82, 2.24) is 24.8 Å². The molecule has 122 valence electrons. The topological polar surface area (TPSA) is 78.0 Å². The zero-order valence-electron chi connectivity index (χ0n) is 13.2. The summed E-state index contributed by atoms with van der Waals surface area (Å²) in [7, 11) is 0. The maximum Gasteiger partial charge on any atom is 0.271 e. The number of anilines is 1. The molecule has 0 saturated carbocycles. The Bertz CT molecular complexity index is 886. The first-order valence-electron chi connectivity index (χ1n) is 8.02. The first-order chi connectivity index (χ1) is 11.8. The van der Waals surface area contributed by atoms with Crippen molar-refractivity contribution in [3.8, 4) is 0 Å². The second-order valence-electron chi connectivity index (χ2n) is 5.84. The fraction of sp³-hybridized carbons (Fsp3) is 0.294. The Morgan fingerprint density at radius 2 is 1.75 bits per heavy atom. The Balaban J connectivity index is 1.46. The van der Waals surface area contributed by atoms with Crippen LogP contribution in [0.3, 0.4) is 0 Å². The minimum absolute atomic E-state index is 0.109. The van der Waals surface area contributed by atoms with E-state index in [-0.39, 0.29) is 5.56 Å². The molecule has 1 N–H and O–H groups in total. The van der Waals surface area contributed by atoms with Gasteiger partial charge in [0.2, 0.25) is 5.95 Å². The quantitative estimate of drug-likeness (QED) is 0.776. The van der Waals surface area contributed by atoms with Gasteiger partial charge in [-0.15, -0.1) is 0 Å². The molecule has 1 aromatic carbocycles. The summed E-state index contributed by atoms with van der Waals surface area (Å²) >= 11 is 0. The minimum Gasteiger partial charge on any atom is -0.338 e.